The van der Waals surface area contributed by atoms with E-state index in [9.17, 15) is 0 Å². The largest absolute Gasteiger partial charge is 0.383 e. The van der Waals surface area contributed by atoms with Gasteiger partial charge < -0.3 is 15.2 Å². The van der Waals surface area contributed by atoms with Crippen LogP contribution in [0.4, 0.5) is 0 Å². The number of ether oxygens (including phenoxy) is 2. The highest BCUT2D eigenvalue weighted by Crippen LogP contribution is 2.24. The van der Waals surface area contributed by atoms with Crippen LogP contribution in [0.3, 0.4) is 0 Å². The zero-order chi connectivity index (χ0) is 11.3. The molecule has 0 aromatic heterocycles. The summed E-state index contributed by atoms with van der Waals surface area (Å²) in [6.45, 7) is 5.57. The van der Waals surface area contributed by atoms with E-state index in [4.69, 9.17) is 15.2 Å². The fourth-order valence-electron chi connectivity index (χ4n) is 2.24. The summed E-state index contributed by atoms with van der Waals surface area (Å²) in [5.74, 6) is 0. The lowest BCUT2D eigenvalue weighted by molar-refractivity contribution is -0.0670. The molecule has 1 aliphatic heterocycles. The second kappa shape index (κ2) is 5.80. The molecular weight excluding hydrogens is 192 g/mol. The Balaban J connectivity index is 2.53. The summed E-state index contributed by atoms with van der Waals surface area (Å²) in [5, 5.41) is 0. The van der Waals surface area contributed by atoms with Crippen molar-refractivity contribution in [1.82, 2.24) is 4.90 Å². The molecule has 0 aromatic carbocycles. The minimum absolute atomic E-state index is 0.0145. The number of nitrogens with two attached hydrogens (primary N) is 1. The molecule has 1 heterocycles. The van der Waals surface area contributed by atoms with Gasteiger partial charge >= 0.3 is 0 Å². The van der Waals surface area contributed by atoms with E-state index in [0.29, 0.717) is 19.2 Å². The molecule has 0 bridgehead atoms. The van der Waals surface area contributed by atoms with Crippen molar-refractivity contribution in [1.29, 1.82) is 0 Å². The third kappa shape index (κ3) is 3.41. The summed E-state index contributed by atoms with van der Waals surface area (Å²) < 4.78 is 10.7. The van der Waals surface area contributed by atoms with Gasteiger partial charge in [0, 0.05) is 33.4 Å². The quantitative estimate of drug-likeness (QED) is 0.725. The van der Waals surface area contributed by atoms with Crippen LogP contribution in [-0.4, -0.2) is 57.0 Å². The zero-order valence-electron chi connectivity index (χ0n) is 10.2. The fraction of sp³-hybridized carbons (Fsp3) is 1.00. The van der Waals surface area contributed by atoms with Crippen LogP contribution in [0.25, 0.3) is 0 Å². The number of methoxy groups -OCH3 is 2. The van der Waals surface area contributed by atoms with Crippen LogP contribution in [0.1, 0.15) is 19.8 Å². The molecule has 2 N–H and O–H groups in total. The van der Waals surface area contributed by atoms with E-state index >= 15 is 0 Å². The van der Waals surface area contributed by atoms with Crippen LogP contribution < -0.4 is 5.73 Å². The number of rotatable bonds is 5. The van der Waals surface area contributed by atoms with Crippen molar-refractivity contribution in [3.05, 3.63) is 0 Å². The Morgan fingerprint density at radius 1 is 1.47 bits per heavy atom. The van der Waals surface area contributed by atoms with Gasteiger partial charge in [-0.25, -0.2) is 0 Å². The molecule has 90 valence electrons. The first-order valence-corrected chi connectivity index (χ1v) is 5.63. The third-order valence-electron chi connectivity index (χ3n) is 3.33. The Kier molecular flexibility index (Phi) is 4.99. The van der Waals surface area contributed by atoms with Crippen molar-refractivity contribution in [2.45, 2.75) is 31.4 Å². The van der Waals surface area contributed by atoms with Gasteiger partial charge in [-0.1, -0.05) is 0 Å². The Hall–Kier alpha value is -0.160. The molecule has 0 aliphatic carbocycles. The van der Waals surface area contributed by atoms with E-state index < -0.39 is 0 Å². The van der Waals surface area contributed by atoms with E-state index in [1.54, 1.807) is 14.2 Å². The summed E-state index contributed by atoms with van der Waals surface area (Å²) in [6.07, 6.45) is 2.30. The molecule has 1 saturated heterocycles. The van der Waals surface area contributed by atoms with Gasteiger partial charge in [-0.3, -0.25) is 4.90 Å². The van der Waals surface area contributed by atoms with Crippen molar-refractivity contribution in [3.8, 4) is 0 Å². The van der Waals surface area contributed by atoms with Crippen LogP contribution in [0.2, 0.25) is 0 Å². The summed E-state index contributed by atoms with van der Waals surface area (Å²) >= 11 is 0. The topological polar surface area (TPSA) is 47.7 Å². The van der Waals surface area contributed by atoms with Crippen LogP contribution in [-0.2, 0) is 9.47 Å². The molecule has 4 heteroatoms. The van der Waals surface area contributed by atoms with Crippen LogP contribution in [0.5, 0.6) is 0 Å². The maximum atomic E-state index is 5.76. The lowest BCUT2D eigenvalue weighted by atomic mass is 9.93. The number of likely N-dealkylation sites (tertiary alicyclic amines) is 1. The van der Waals surface area contributed by atoms with E-state index in [1.165, 1.54) is 6.42 Å². The van der Waals surface area contributed by atoms with Crippen LogP contribution in [0, 0.1) is 0 Å². The van der Waals surface area contributed by atoms with Gasteiger partial charge in [-0.05, 0) is 26.3 Å². The summed E-state index contributed by atoms with van der Waals surface area (Å²) in [6, 6.07) is 0.324. The standard InChI is InChI=1S/C11H24N2O2/c1-11(15-3)5-4-6-13(9-11)10(7-12)8-14-2/h10H,4-9,12H2,1-3H3. The number of piperidine rings is 1. The monoisotopic (exact) mass is 216 g/mol. The van der Waals surface area contributed by atoms with Gasteiger partial charge in [0.1, 0.15) is 0 Å². The van der Waals surface area contributed by atoms with Gasteiger partial charge in [0.25, 0.3) is 0 Å². The predicted octanol–water partition coefficient (Wildman–Crippen LogP) is 0.461. The molecule has 2 unspecified atom stereocenters. The number of hydrogen-bond donors (Lipinski definition) is 1. The Morgan fingerprint density at radius 3 is 2.73 bits per heavy atom. The molecule has 4 nitrogen and oxygen atoms in total. The maximum Gasteiger partial charge on any atom is 0.0777 e. The number of hydrogen-bond acceptors (Lipinski definition) is 4. The van der Waals surface area contributed by atoms with Gasteiger partial charge in [0.2, 0.25) is 0 Å². The zero-order valence-corrected chi connectivity index (χ0v) is 10.2. The molecule has 0 aromatic rings. The Bertz CT molecular complexity index is 189. The predicted molar refractivity (Wildman–Crippen MR) is 60.9 cm³/mol. The minimum Gasteiger partial charge on any atom is -0.383 e. The first-order valence-electron chi connectivity index (χ1n) is 5.63. The highest BCUT2D eigenvalue weighted by Gasteiger charge is 2.33. The SMILES string of the molecule is COCC(CN)N1CCCC(C)(OC)C1. The average molecular weight is 216 g/mol. The first-order chi connectivity index (χ1) is 7.15. The van der Waals surface area contributed by atoms with Gasteiger partial charge in [-0.2, -0.15) is 0 Å². The highest BCUT2D eigenvalue weighted by atomic mass is 16.5. The first kappa shape index (κ1) is 12.9. The molecule has 0 amide bonds. The summed E-state index contributed by atoms with van der Waals surface area (Å²) in [7, 11) is 3.51. The second-order valence-corrected chi connectivity index (χ2v) is 4.57. The van der Waals surface area contributed by atoms with Gasteiger partial charge in [0.05, 0.1) is 12.2 Å². The van der Waals surface area contributed by atoms with Gasteiger partial charge in [0.15, 0.2) is 0 Å². The van der Waals surface area contributed by atoms with Crippen molar-refractivity contribution < 1.29 is 9.47 Å². The second-order valence-electron chi connectivity index (χ2n) is 4.57. The number of nitrogens with zero attached hydrogens (tertiary/aromatic N) is 1. The van der Waals surface area contributed by atoms with Crippen molar-refractivity contribution in [2.24, 2.45) is 5.73 Å². The Morgan fingerprint density at radius 2 is 2.20 bits per heavy atom. The summed E-state index contributed by atoms with van der Waals surface area (Å²) in [5.41, 5.74) is 5.74. The average Bonchev–Trinajstić information content (AvgIpc) is 2.26. The maximum absolute atomic E-state index is 5.76. The Labute approximate surface area is 92.7 Å². The van der Waals surface area contributed by atoms with Crippen molar-refractivity contribution in [3.63, 3.8) is 0 Å². The van der Waals surface area contributed by atoms with Crippen LogP contribution >= 0.6 is 0 Å². The molecule has 1 rings (SSSR count). The molecular formula is C11H24N2O2. The van der Waals surface area contributed by atoms with E-state index in [1.807, 2.05) is 0 Å². The van der Waals surface area contributed by atoms with Gasteiger partial charge in [-0.15, -0.1) is 0 Å². The third-order valence-corrected chi connectivity index (χ3v) is 3.33. The smallest absolute Gasteiger partial charge is 0.0777 e. The molecule has 1 aliphatic rings. The highest BCUT2D eigenvalue weighted by molar-refractivity contribution is 4.88. The molecule has 2 atom stereocenters. The lowest BCUT2D eigenvalue weighted by Gasteiger charge is -2.42. The minimum atomic E-state index is -0.0145. The van der Waals surface area contributed by atoms with E-state index in [-0.39, 0.29) is 5.60 Å². The lowest BCUT2D eigenvalue weighted by Crippen LogP contribution is -2.54. The van der Waals surface area contributed by atoms with E-state index in [0.717, 1.165) is 19.5 Å². The van der Waals surface area contributed by atoms with Crippen molar-refractivity contribution in [2.75, 3.05) is 40.5 Å². The molecule has 1 fully saturated rings. The van der Waals surface area contributed by atoms with Crippen LogP contribution in [0.15, 0.2) is 0 Å². The molecule has 0 spiro atoms. The van der Waals surface area contributed by atoms with Crippen molar-refractivity contribution >= 4 is 0 Å². The molecule has 0 radical (unpaired) electrons. The summed E-state index contributed by atoms with van der Waals surface area (Å²) in [4.78, 5) is 2.39. The van der Waals surface area contributed by atoms with E-state index in [2.05, 4.69) is 11.8 Å². The molecule has 15 heavy (non-hydrogen) atoms. The fourth-order valence-corrected chi connectivity index (χ4v) is 2.24. The molecule has 0 saturated carbocycles. The normalized spacial score (nSPS) is 30.4.